The zero-order chi connectivity index (χ0) is 19.7. The normalized spacial score (nSPS) is 17.7. The highest BCUT2D eigenvalue weighted by Gasteiger charge is 2.39. The number of hydrogen-bond acceptors (Lipinski definition) is 3. The molecule has 0 unspecified atom stereocenters. The molecule has 1 saturated heterocycles. The lowest BCUT2D eigenvalue weighted by molar-refractivity contribution is -0.119. The summed E-state index contributed by atoms with van der Waals surface area (Å²) in [5.74, 6) is -0.286. The minimum atomic E-state index is -3.75. The summed E-state index contributed by atoms with van der Waals surface area (Å²) in [6.45, 7) is 2.32. The second kappa shape index (κ2) is 7.37. The standard InChI is InChI=1S/C22H22N2O3S/c1-16-8-11-19(12-9-16)23-22(25)21-7-4-14-24(21)28(26,27)20-13-10-17-5-2-3-6-18(17)15-20/h2-3,5-6,8-13,15,21H,4,7,14H2,1H3,(H,23,25)/t21-/m0/s1. The monoisotopic (exact) mass is 394 g/mol. The van der Waals surface area contributed by atoms with Gasteiger partial charge in [0.05, 0.1) is 4.90 Å². The molecule has 0 bridgehead atoms. The van der Waals surface area contributed by atoms with Crippen LogP contribution in [0.15, 0.2) is 71.6 Å². The van der Waals surface area contributed by atoms with Gasteiger partial charge in [-0.3, -0.25) is 4.79 Å². The summed E-state index contributed by atoms with van der Waals surface area (Å²) in [6.07, 6.45) is 1.18. The van der Waals surface area contributed by atoms with Gasteiger partial charge in [-0.1, -0.05) is 48.0 Å². The van der Waals surface area contributed by atoms with Crippen molar-refractivity contribution >= 4 is 32.4 Å². The fourth-order valence-corrected chi connectivity index (χ4v) is 5.31. The van der Waals surface area contributed by atoms with E-state index < -0.39 is 16.1 Å². The smallest absolute Gasteiger partial charge is 0.243 e. The highest BCUT2D eigenvalue weighted by molar-refractivity contribution is 7.89. The number of benzene rings is 3. The number of carbonyl (C=O) groups is 1. The molecule has 3 aromatic rings. The van der Waals surface area contributed by atoms with Gasteiger partial charge < -0.3 is 5.32 Å². The molecule has 144 valence electrons. The molecular formula is C22H22N2O3S. The minimum absolute atomic E-state index is 0.223. The molecule has 1 fully saturated rings. The van der Waals surface area contributed by atoms with E-state index in [0.29, 0.717) is 25.1 Å². The van der Waals surface area contributed by atoms with Crippen LogP contribution in [0.3, 0.4) is 0 Å². The predicted octanol–water partition coefficient (Wildman–Crippen LogP) is 3.94. The molecule has 1 amide bonds. The Labute approximate surface area is 165 Å². The summed E-state index contributed by atoms with van der Waals surface area (Å²) >= 11 is 0. The Morgan fingerprint density at radius 1 is 1.00 bits per heavy atom. The van der Waals surface area contributed by atoms with Crippen LogP contribution in [0.2, 0.25) is 0 Å². The second-order valence-electron chi connectivity index (χ2n) is 7.14. The summed E-state index contributed by atoms with van der Waals surface area (Å²) in [4.78, 5) is 13.0. The van der Waals surface area contributed by atoms with Gasteiger partial charge in [0.25, 0.3) is 0 Å². The van der Waals surface area contributed by atoms with E-state index in [-0.39, 0.29) is 10.8 Å². The van der Waals surface area contributed by atoms with Gasteiger partial charge >= 0.3 is 0 Å². The molecule has 0 radical (unpaired) electrons. The highest BCUT2D eigenvalue weighted by Crippen LogP contribution is 2.29. The van der Waals surface area contributed by atoms with E-state index in [1.165, 1.54) is 4.31 Å². The molecular weight excluding hydrogens is 372 g/mol. The number of sulfonamides is 1. The van der Waals surface area contributed by atoms with E-state index in [4.69, 9.17) is 0 Å². The summed E-state index contributed by atoms with van der Waals surface area (Å²) in [7, 11) is -3.75. The lowest BCUT2D eigenvalue weighted by Crippen LogP contribution is -2.43. The molecule has 6 heteroatoms. The maximum Gasteiger partial charge on any atom is 0.243 e. The second-order valence-corrected chi connectivity index (χ2v) is 9.03. The molecule has 1 aliphatic heterocycles. The number of nitrogens with zero attached hydrogens (tertiary/aromatic N) is 1. The number of rotatable bonds is 4. The van der Waals surface area contributed by atoms with Crippen LogP contribution in [0.4, 0.5) is 5.69 Å². The van der Waals surface area contributed by atoms with Crippen molar-refractivity contribution in [2.45, 2.75) is 30.7 Å². The van der Waals surface area contributed by atoms with Crippen LogP contribution in [0.1, 0.15) is 18.4 Å². The first-order valence-electron chi connectivity index (χ1n) is 9.33. The van der Waals surface area contributed by atoms with E-state index in [1.54, 1.807) is 18.2 Å². The third kappa shape index (κ3) is 3.53. The van der Waals surface area contributed by atoms with Gasteiger partial charge in [-0.05, 0) is 54.8 Å². The van der Waals surface area contributed by atoms with Crippen molar-refractivity contribution in [3.63, 3.8) is 0 Å². The maximum absolute atomic E-state index is 13.2. The van der Waals surface area contributed by atoms with Gasteiger partial charge in [0.15, 0.2) is 0 Å². The van der Waals surface area contributed by atoms with Gasteiger partial charge in [-0.25, -0.2) is 8.42 Å². The first-order chi connectivity index (χ1) is 13.4. The van der Waals surface area contributed by atoms with Gasteiger partial charge in [-0.15, -0.1) is 0 Å². The average molecular weight is 394 g/mol. The number of hydrogen-bond donors (Lipinski definition) is 1. The largest absolute Gasteiger partial charge is 0.325 e. The Morgan fingerprint density at radius 3 is 2.46 bits per heavy atom. The summed E-state index contributed by atoms with van der Waals surface area (Å²) in [6, 6.07) is 19.5. The van der Waals surface area contributed by atoms with Crippen molar-refractivity contribution in [1.82, 2.24) is 4.31 Å². The van der Waals surface area contributed by atoms with E-state index in [1.807, 2.05) is 55.5 Å². The van der Waals surface area contributed by atoms with Crippen LogP contribution >= 0.6 is 0 Å². The van der Waals surface area contributed by atoms with Gasteiger partial charge in [0, 0.05) is 12.2 Å². The Balaban J connectivity index is 1.60. The Morgan fingerprint density at radius 2 is 1.71 bits per heavy atom. The van der Waals surface area contributed by atoms with Crippen molar-refractivity contribution < 1.29 is 13.2 Å². The van der Waals surface area contributed by atoms with Crippen molar-refractivity contribution in [3.8, 4) is 0 Å². The predicted molar refractivity (Wildman–Crippen MR) is 111 cm³/mol. The van der Waals surface area contributed by atoms with Crippen LogP contribution in [0, 0.1) is 6.92 Å². The molecule has 1 atom stereocenters. The highest BCUT2D eigenvalue weighted by atomic mass is 32.2. The molecule has 1 heterocycles. The number of carbonyl (C=O) groups excluding carboxylic acids is 1. The number of aryl methyl sites for hydroxylation is 1. The minimum Gasteiger partial charge on any atom is -0.325 e. The molecule has 4 rings (SSSR count). The molecule has 0 aliphatic carbocycles. The summed E-state index contributed by atoms with van der Waals surface area (Å²) in [5, 5.41) is 4.70. The van der Waals surface area contributed by atoms with Crippen LogP contribution in [-0.4, -0.2) is 31.2 Å². The molecule has 28 heavy (non-hydrogen) atoms. The molecule has 1 aliphatic rings. The fourth-order valence-electron chi connectivity index (χ4n) is 3.62. The molecule has 5 nitrogen and oxygen atoms in total. The Kier molecular flexibility index (Phi) is 4.91. The third-order valence-electron chi connectivity index (χ3n) is 5.15. The number of fused-ring (bicyclic) bond motifs is 1. The van der Waals surface area contributed by atoms with Crippen molar-refractivity contribution in [2.75, 3.05) is 11.9 Å². The molecule has 0 aromatic heterocycles. The lowest BCUT2D eigenvalue weighted by Gasteiger charge is -2.23. The topological polar surface area (TPSA) is 66.5 Å². The first-order valence-corrected chi connectivity index (χ1v) is 10.8. The van der Waals surface area contributed by atoms with Crippen molar-refractivity contribution in [1.29, 1.82) is 0 Å². The molecule has 0 saturated carbocycles. The van der Waals surface area contributed by atoms with Gasteiger partial charge in [0.2, 0.25) is 15.9 Å². The van der Waals surface area contributed by atoms with Crippen LogP contribution in [0.5, 0.6) is 0 Å². The van der Waals surface area contributed by atoms with Crippen LogP contribution < -0.4 is 5.32 Å². The zero-order valence-corrected chi connectivity index (χ0v) is 16.4. The molecule has 0 spiro atoms. The lowest BCUT2D eigenvalue weighted by atomic mass is 10.1. The molecule has 3 aromatic carbocycles. The van der Waals surface area contributed by atoms with Crippen molar-refractivity contribution in [2.24, 2.45) is 0 Å². The maximum atomic E-state index is 13.2. The average Bonchev–Trinajstić information content (AvgIpc) is 3.20. The number of nitrogens with one attached hydrogen (secondary N) is 1. The first kappa shape index (κ1) is 18.7. The van der Waals surface area contributed by atoms with E-state index >= 15 is 0 Å². The van der Waals surface area contributed by atoms with Gasteiger partial charge in [-0.2, -0.15) is 4.31 Å². The quantitative estimate of drug-likeness (QED) is 0.729. The van der Waals surface area contributed by atoms with Crippen LogP contribution in [0.25, 0.3) is 10.8 Å². The van der Waals surface area contributed by atoms with E-state index in [0.717, 1.165) is 16.3 Å². The fraction of sp³-hybridized carbons (Fsp3) is 0.227. The summed E-state index contributed by atoms with van der Waals surface area (Å²) < 4.78 is 27.8. The SMILES string of the molecule is Cc1ccc(NC(=O)[C@@H]2CCCN2S(=O)(=O)c2ccc3ccccc3c2)cc1. The zero-order valence-electron chi connectivity index (χ0n) is 15.6. The van der Waals surface area contributed by atoms with E-state index in [2.05, 4.69) is 5.32 Å². The third-order valence-corrected chi connectivity index (χ3v) is 7.06. The van der Waals surface area contributed by atoms with E-state index in [9.17, 15) is 13.2 Å². The van der Waals surface area contributed by atoms with Crippen molar-refractivity contribution in [3.05, 3.63) is 72.3 Å². The van der Waals surface area contributed by atoms with Crippen LogP contribution in [-0.2, 0) is 14.8 Å². The number of amides is 1. The number of anilines is 1. The Bertz CT molecular complexity index is 1120. The van der Waals surface area contributed by atoms with Gasteiger partial charge in [0.1, 0.15) is 6.04 Å². The summed E-state index contributed by atoms with van der Waals surface area (Å²) in [5.41, 5.74) is 1.77. The Hall–Kier alpha value is -2.70. The molecule has 1 N–H and O–H groups in total.